The number of anilines is 1. The number of piperidine rings is 1. The zero-order valence-electron chi connectivity index (χ0n) is 18.4. The van der Waals surface area contributed by atoms with Crippen molar-refractivity contribution in [3.63, 3.8) is 0 Å². The smallest absolute Gasteiger partial charge is 0.225 e. The van der Waals surface area contributed by atoms with E-state index in [0.29, 0.717) is 17.9 Å². The van der Waals surface area contributed by atoms with Crippen LogP contribution >= 0.6 is 0 Å². The number of carbonyl (C=O) groups is 1. The summed E-state index contributed by atoms with van der Waals surface area (Å²) in [5, 5.41) is 4.80. The van der Waals surface area contributed by atoms with E-state index in [1.165, 1.54) is 0 Å². The maximum absolute atomic E-state index is 13.0. The predicted molar refractivity (Wildman–Crippen MR) is 117 cm³/mol. The first kappa shape index (κ1) is 20.7. The SMILES string of the molecule is COC1CCC(C(=O)N2CCC(c3nc4ccc(N5CCOCC5)cn4n3)CC2)CC1. The molecule has 0 bridgehead atoms. The van der Waals surface area contributed by atoms with Crippen molar-refractivity contribution >= 4 is 17.2 Å². The number of amides is 1. The highest BCUT2D eigenvalue weighted by Crippen LogP contribution is 2.31. The molecule has 2 aromatic heterocycles. The first-order valence-corrected chi connectivity index (χ1v) is 11.7. The molecule has 5 rings (SSSR count). The van der Waals surface area contributed by atoms with E-state index in [-0.39, 0.29) is 5.92 Å². The molecule has 4 heterocycles. The highest BCUT2D eigenvalue weighted by molar-refractivity contribution is 5.79. The lowest BCUT2D eigenvalue weighted by Crippen LogP contribution is -2.42. The van der Waals surface area contributed by atoms with Gasteiger partial charge >= 0.3 is 0 Å². The Bertz CT molecular complexity index is 894. The summed E-state index contributed by atoms with van der Waals surface area (Å²) in [6, 6.07) is 4.18. The number of carbonyl (C=O) groups excluding carboxylic acids is 1. The number of nitrogens with zero attached hydrogens (tertiary/aromatic N) is 5. The van der Waals surface area contributed by atoms with Gasteiger partial charge in [0.05, 0.1) is 31.2 Å². The molecule has 2 saturated heterocycles. The fraction of sp³-hybridized carbons (Fsp3) is 0.696. The molecule has 31 heavy (non-hydrogen) atoms. The summed E-state index contributed by atoms with van der Waals surface area (Å²) in [5.74, 6) is 1.74. The summed E-state index contributed by atoms with van der Waals surface area (Å²) in [7, 11) is 1.77. The number of hydrogen-bond acceptors (Lipinski definition) is 6. The molecule has 0 radical (unpaired) electrons. The largest absolute Gasteiger partial charge is 0.381 e. The van der Waals surface area contributed by atoms with E-state index < -0.39 is 0 Å². The van der Waals surface area contributed by atoms with Crippen LogP contribution in [0.2, 0.25) is 0 Å². The molecule has 1 amide bonds. The molecule has 168 valence electrons. The first-order valence-electron chi connectivity index (χ1n) is 11.7. The zero-order chi connectivity index (χ0) is 21.2. The second-order valence-corrected chi connectivity index (χ2v) is 9.07. The van der Waals surface area contributed by atoms with E-state index in [1.54, 1.807) is 7.11 Å². The average molecular weight is 428 g/mol. The Morgan fingerprint density at radius 3 is 2.48 bits per heavy atom. The van der Waals surface area contributed by atoms with Crippen molar-refractivity contribution in [3.8, 4) is 0 Å². The zero-order valence-corrected chi connectivity index (χ0v) is 18.4. The number of likely N-dealkylation sites (tertiary alicyclic amines) is 1. The number of rotatable bonds is 4. The van der Waals surface area contributed by atoms with Gasteiger partial charge in [0.2, 0.25) is 5.91 Å². The second-order valence-electron chi connectivity index (χ2n) is 9.07. The minimum absolute atomic E-state index is 0.176. The highest BCUT2D eigenvalue weighted by Gasteiger charge is 2.32. The first-order chi connectivity index (χ1) is 15.2. The van der Waals surface area contributed by atoms with Gasteiger partial charge in [-0.05, 0) is 50.7 Å². The van der Waals surface area contributed by atoms with E-state index in [9.17, 15) is 4.79 Å². The van der Waals surface area contributed by atoms with Gasteiger partial charge in [0, 0.05) is 45.1 Å². The molecule has 0 atom stereocenters. The predicted octanol–water partition coefficient (Wildman–Crippen LogP) is 2.48. The van der Waals surface area contributed by atoms with E-state index >= 15 is 0 Å². The lowest BCUT2D eigenvalue weighted by atomic mass is 9.85. The maximum Gasteiger partial charge on any atom is 0.225 e. The Labute approximate surface area is 183 Å². The third-order valence-electron chi connectivity index (χ3n) is 7.24. The van der Waals surface area contributed by atoms with Gasteiger partial charge in [-0.25, -0.2) is 9.50 Å². The number of fused-ring (bicyclic) bond motifs is 1. The third-order valence-corrected chi connectivity index (χ3v) is 7.24. The second kappa shape index (κ2) is 9.12. The topological polar surface area (TPSA) is 72.2 Å². The number of pyridine rings is 1. The van der Waals surface area contributed by atoms with E-state index in [1.807, 2.05) is 4.52 Å². The van der Waals surface area contributed by atoms with Crippen LogP contribution in [0.3, 0.4) is 0 Å². The molecule has 3 fully saturated rings. The summed E-state index contributed by atoms with van der Waals surface area (Å²) in [6.45, 7) is 4.97. The van der Waals surface area contributed by atoms with E-state index in [0.717, 1.165) is 95.1 Å². The lowest BCUT2D eigenvalue weighted by molar-refractivity contribution is -0.138. The molecule has 0 unspecified atom stereocenters. The molecule has 2 aliphatic heterocycles. The molecular weight excluding hydrogens is 394 g/mol. The minimum Gasteiger partial charge on any atom is -0.381 e. The number of morpholine rings is 1. The Balaban J connectivity index is 1.19. The molecule has 0 spiro atoms. The fourth-order valence-electron chi connectivity index (χ4n) is 5.23. The summed E-state index contributed by atoms with van der Waals surface area (Å²) in [5.41, 5.74) is 2.05. The molecule has 8 nitrogen and oxygen atoms in total. The summed E-state index contributed by atoms with van der Waals surface area (Å²) in [4.78, 5) is 22.1. The van der Waals surface area contributed by atoms with Crippen molar-refractivity contribution in [2.75, 3.05) is 51.4 Å². The van der Waals surface area contributed by atoms with Gasteiger partial charge in [0.25, 0.3) is 0 Å². The van der Waals surface area contributed by atoms with Crippen LogP contribution in [0.5, 0.6) is 0 Å². The van der Waals surface area contributed by atoms with E-state index in [2.05, 4.69) is 28.1 Å². The van der Waals surface area contributed by atoms with Crippen LogP contribution in [0.15, 0.2) is 18.3 Å². The van der Waals surface area contributed by atoms with Crippen molar-refractivity contribution in [1.29, 1.82) is 0 Å². The summed E-state index contributed by atoms with van der Waals surface area (Å²) in [6.07, 6.45) is 8.19. The average Bonchev–Trinajstić information content (AvgIpc) is 3.28. The standard InChI is InChI=1S/C23H33N5O3/c1-30-20-5-2-18(3-6-20)23(29)27-10-8-17(9-11-27)22-24-21-7-4-19(16-28(21)25-22)26-12-14-31-15-13-26/h4,7,16-18,20H,2-3,5-6,8-15H2,1H3. The lowest BCUT2D eigenvalue weighted by Gasteiger charge is -2.35. The molecule has 2 aromatic rings. The quantitative estimate of drug-likeness (QED) is 0.747. The molecule has 3 aliphatic rings. The van der Waals surface area contributed by atoms with Gasteiger partial charge in [-0.2, -0.15) is 5.10 Å². The normalized spacial score (nSPS) is 25.8. The van der Waals surface area contributed by atoms with Gasteiger partial charge in [-0.1, -0.05) is 0 Å². The molecule has 0 aromatic carbocycles. The van der Waals surface area contributed by atoms with Crippen molar-refractivity contribution < 1.29 is 14.3 Å². The van der Waals surface area contributed by atoms with Gasteiger partial charge < -0.3 is 19.3 Å². The molecule has 1 aliphatic carbocycles. The summed E-state index contributed by atoms with van der Waals surface area (Å²) < 4.78 is 12.8. The Hall–Kier alpha value is -2.19. The van der Waals surface area contributed by atoms with Crippen LogP contribution in [-0.4, -0.2) is 78.0 Å². The summed E-state index contributed by atoms with van der Waals surface area (Å²) >= 11 is 0. The Kier molecular flexibility index (Phi) is 6.09. The van der Waals surface area contributed by atoms with Crippen molar-refractivity contribution in [2.24, 2.45) is 5.92 Å². The van der Waals surface area contributed by atoms with Crippen LogP contribution in [-0.2, 0) is 14.3 Å². The number of hydrogen-bond donors (Lipinski definition) is 0. The number of aromatic nitrogens is 3. The molecular formula is C23H33N5O3. The fourth-order valence-corrected chi connectivity index (χ4v) is 5.23. The van der Waals surface area contributed by atoms with Crippen LogP contribution in [0, 0.1) is 5.92 Å². The highest BCUT2D eigenvalue weighted by atomic mass is 16.5. The minimum atomic E-state index is 0.176. The number of ether oxygens (including phenoxy) is 2. The molecule has 8 heteroatoms. The van der Waals surface area contributed by atoms with Crippen molar-refractivity contribution in [3.05, 3.63) is 24.2 Å². The van der Waals surface area contributed by atoms with Gasteiger partial charge in [-0.15, -0.1) is 0 Å². The van der Waals surface area contributed by atoms with Crippen LogP contribution in [0.25, 0.3) is 5.65 Å². The van der Waals surface area contributed by atoms with E-state index in [4.69, 9.17) is 19.6 Å². The van der Waals surface area contributed by atoms with Crippen molar-refractivity contribution in [2.45, 2.75) is 50.5 Å². The molecule has 1 saturated carbocycles. The van der Waals surface area contributed by atoms with Gasteiger partial charge in [0.15, 0.2) is 11.5 Å². The van der Waals surface area contributed by atoms with Gasteiger partial charge in [-0.3, -0.25) is 4.79 Å². The van der Waals surface area contributed by atoms with Crippen LogP contribution in [0.4, 0.5) is 5.69 Å². The molecule has 0 N–H and O–H groups in total. The van der Waals surface area contributed by atoms with Crippen LogP contribution < -0.4 is 4.90 Å². The Morgan fingerprint density at radius 2 is 1.77 bits per heavy atom. The van der Waals surface area contributed by atoms with Crippen molar-refractivity contribution in [1.82, 2.24) is 19.5 Å². The van der Waals surface area contributed by atoms with Crippen LogP contribution in [0.1, 0.15) is 50.3 Å². The number of methoxy groups -OCH3 is 1. The van der Waals surface area contributed by atoms with Gasteiger partial charge in [0.1, 0.15) is 0 Å². The third kappa shape index (κ3) is 4.41. The Morgan fingerprint density at radius 1 is 1.03 bits per heavy atom. The monoisotopic (exact) mass is 427 g/mol. The maximum atomic E-state index is 13.0.